The number of rotatable bonds is 4. The van der Waals surface area contributed by atoms with Crippen LogP contribution in [-0.4, -0.2) is 25.5 Å². The van der Waals surface area contributed by atoms with Gasteiger partial charge in [0.1, 0.15) is 5.84 Å². The van der Waals surface area contributed by atoms with Crippen molar-refractivity contribution in [2.24, 2.45) is 10.9 Å². The molecule has 0 spiro atoms. The smallest absolute Gasteiger partial charge is 0.165 e. The second-order valence-electron chi connectivity index (χ2n) is 4.51. The molecule has 0 saturated heterocycles. The summed E-state index contributed by atoms with van der Waals surface area (Å²) in [7, 11) is 0. The van der Waals surface area contributed by atoms with Gasteiger partial charge in [-0.1, -0.05) is 13.8 Å². The first kappa shape index (κ1) is 11.9. The van der Waals surface area contributed by atoms with Gasteiger partial charge in [0.2, 0.25) is 0 Å². The number of nitrogens with zero attached hydrogens (tertiary/aromatic N) is 1. The highest BCUT2D eigenvalue weighted by atomic mass is 19.1. The highest BCUT2D eigenvalue weighted by Gasteiger charge is 2.11. The zero-order valence-corrected chi connectivity index (χ0v) is 10.2. The molecule has 1 heterocycles. The van der Waals surface area contributed by atoms with E-state index in [1.807, 2.05) is 19.9 Å². The molecule has 4 heteroatoms. The molecule has 1 aliphatic heterocycles. The first-order valence-electron chi connectivity index (χ1n) is 5.88. The van der Waals surface area contributed by atoms with E-state index in [1.165, 1.54) is 6.07 Å². The zero-order chi connectivity index (χ0) is 12.3. The van der Waals surface area contributed by atoms with Crippen LogP contribution in [0.5, 0.6) is 5.75 Å². The lowest BCUT2D eigenvalue weighted by Crippen LogP contribution is -2.19. The van der Waals surface area contributed by atoms with Crippen LogP contribution in [0.3, 0.4) is 0 Å². The predicted octanol–water partition coefficient (Wildman–Crippen LogP) is 2.21. The Morgan fingerprint density at radius 3 is 2.88 bits per heavy atom. The number of amidine groups is 1. The Labute approximate surface area is 101 Å². The van der Waals surface area contributed by atoms with E-state index >= 15 is 0 Å². The minimum Gasteiger partial charge on any atom is -0.490 e. The first-order chi connectivity index (χ1) is 8.16. The van der Waals surface area contributed by atoms with E-state index in [4.69, 9.17) is 4.74 Å². The normalized spacial score (nSPS) is 14.7. The summed E-state index contributed by atoms with van der Waals surface area (Å²) in [5.41, 5.74) is 0.775. The fourth-order valence-electron chi connectivity index (χ4n) is 1.61. The summed E-state index contributed by atoms with van der Waals surface area (Å²) >= 11 is 0. The van der Waals surface area contributed by atoms with Crippen LogP contribution < -0.4 is 10.1 Å². The van der Waals surface area contributed by atoms with Crippen LogP contribution in [0.1, 0.15) is 19.4 Å². The van der Waals surface area contributed by atoms with E-state index in [1.54, 1.807) is 6.07 Å². The minimum atomic E-state index is -0.334. The lowest BCUT2D eigenvalue weighted by Gasteiger charge is -2.10. The number of hydrogen-bond donors (Lipinski definition) is 1. The largest absolute Gasteiger partial charge is 0.490 e. The number of benzene rings is 1. The molecule has 1 aromatic carbocycles. The number of aliphatic imine (C=N–C) groups is 1. The van der Waals surface area contributed by atoms with E-state index in [-0.39, 0.29) is 5.82 Å². The zero-order valence-electron chi connectivity index (χ0n) is 10.2. The summed E-state index contributed by atoms with van der Waals surface area (Å²) in [4.78, 5) is 4.25. The summed E-state index contributed by atoms with van der Waals surface area (Å²) in [6, 6.07) is 4.96. The van der Waals surface area contributed by atoms with Gasteiger partial charge in [-0.05, 0) is 24.1 Å². The van der Waals surface area contributed by atoms with Crippen molar-refractivity contribution in [3.8, 4) is 5.75 Å². The second-order valence-corrected chi connectivity index (χ2v) is 4.51. The molecule has 1 aromatic rings. The van der Waals surface area contributed by atoms with Crippen molar-refractivity contribution < 1.29 is 9.13 Å². The molecule has 1 N–H and O–H groups in total. The van der Waals surface area contributed by atoms with Gasteiger partial charge in [0, 0.05) is 12.1 Å². The molecule has 0 amide bonds. The van der Waals surface area contributed by atoms with E-state index in [0.29, 0.717) is 18.3 Å². The van der Waals surface area contributed by atoms with Gasteiger partial charge in [0.05, 0.1) is 13.2 Å². The molecule has 0 saturated carbocycles. The van der Waals surface area contributed by atoms with Gasteiger partial charge in [0.15, 0.2) is 11.6 Å². The molecule has 3 nitrogen and oxygen atoms in total. The molecule has 92 valence electrons. The summed E-state index contributed by atoms with van der Waals surface area (Å²) in [5.74, 6) is 1.12. The van der Waals surface area contributed by atoms with Gasteiger partial charge >= 0.3 is 0 Å². The van der Waals surface area contributed by atoms with Crippen molar-refractivity contribution in [3.05, 3.63) is 29.6 Å². The van der Waals surface area contributed by atoms with E-state index < -0.39 is 0 Å². The Morgan fingerprint density at radius 1 is 1.47 bits per heavy atom. The van der Waals surface area contributed by atoms with E-state index in [2.05, 4.69) is 10.3 Å². The van der Waals surface area contributed by atoms with Crippen molar-refractivity contribution in [1.29, 1.82) is 0 Å². The van der Waals surface area contributed by atoms with Gasteiger partial charge in [-0.25, -0.2) is 4.39 Å². The van der Waals surface area contributed by atoms with E-state index in [0.717, 1.165) is 24.5 Å². The SMILES string of the molecule is CC(C)COc1ccc(C2=NCCN2)cc1F. The molecule has 0 radical (unpaired) electrons. The highest BCUT2D eigenvalue weighted by molar-refractivity contribution is 5.99. The maximum atomic E-state index is 13.7. The molecule has 0 aromatic heterocycles. The molecule has 17 heavy (non-hydrogen) atoms. The second kappa shape index (κ2) is 5.17. The van der Waals surface area contributed by atoms with Crippen LogP contribution in [0.4, 0.5) is 4.39 Å². The van der Waals surface area contributed by atoms with Crippen molar-refractivity contribution >= 4 is 5.84 Å². The summed E-state index contributed by atoms with van der Waals surface area (Å²) < 4.78 is 19.1. The fourth-order valence-corrected chi connectivity index (χ4v) is 1.61. The van der Waals surface area contributed by atoms with Crippen molar-refractivity contribution in [2.45, 2.75) is 13.8 Å². The number of ether oxygens (including phenoxy) is 1. The maximum absolute atomic E-state index is 13.7. The lowest BCUT2D eigenvalue weighted by molar-refractivity contribution is 0.259. The van der Waals surface area contributed by atoms with Crippen molar-refractivity contribution in [1.82, 2.24) is 5.32 Å². The summed E-state index contributed by atoms with van der Waals surface area (Å²) in [5, 5.41) is 3.11. The molecule has 0 aliphatic carbocycles. The van der Waals surface area contributed by atoms with E-state index in [9.17, 15) is 4.39 Å². The third-order valence-corrected chi connectivity index (χ3v) is 2.45. The van der Waals surface area contributed by atoms with Crippen LogP contribution >= 0.6 is 0 Å². The van der Waals surface area contributed by atoms with Gasteiger partial charge in [-0.2, -0.15) is 0 Å². The van der Waals surface area contributed by atoms with Crippen molar-refractivity contribution in [3.63, 3.8) is 0 Å². The Bertz CT molecular complexity index is 429. The lowest BCUT2D eigenvalue weighted by atomic mass is 10.2. The molecule has 0 fully saturated rings. The monoisotopic (exact) mass is 236 g/mol. The number of hydrogen-bond acceptors (Lipinski definition) is 3. The summed E-state index contributed by atoms with van der Waals surface area (Å²) in [6.07, 6.45) is 0. The average molecular weight is 236 g/mol. The highest BCUT2D eigenvalue weighted by Crippen LogP contribution is 2.19. The maximum Gasteiger partial charge on any atom is 0.165 e. The first-order valence-corrected chi connectivity index (χ1v) is 5.88. The number of halogens is 1. The van der Waals surface area contributed by atoms with Crippen LogP contribution in [0, 0.1) is 11.7 Å². The van der Waals surface area contributed by atoms with Gasteiger partial charge in [-0.15, -0.1) is 0 Å². The Morgan fingerprint density at radius 2 is 2.29 bits per heavy atom. The molecular formula is C13H17FN2O. The van der Waals surface area contributed by atoms with Gasteiger partial charge in [0.25, 0.3) is 0 Å². The molecule has 2 rings (SSSR count). The average Bonchev–Trinajstić information content (AvgIpc) is 2.80. The topological polar surface area (TPSA) is 33.6 Å². The molecular weight excluding hydrogens is 219 g/mol. The molecule has 0 unspecified atom stereocenters. The van der Waals surface area contributed by atoms with Gasteiger partial charge in [-0.3, -0.25) is 4.99 Å². The van der Waals surface area contributed by atoms with Crippen molar-refractivity contribution in [2.75, 3.05) is 19.7 Å². The fraction of sp³-hybridized carbons (Fsp3) is 0.462. The summed E-state index contributed by atoms with van der Waals surface area (Å²) in [6.45, 7) is 6.16. The molecule has 1 aliphatic rings. The Hall–Kier alpha value is -1.58. The quantitative estimate of drug-likeness (QED) is 0.869. The Balaban J connectivity index is 2.11. The van der Waals surface area contributed by atoms with Gasteiger partial charge < -0.3 is 10.1 Å². The third kappa shape index (κ3) is 2.96. The van der Waals surface area contributed by atoms with Crippen LogP contribution in [0.15, 0.2) is 23.2 Å². The van der Waals surface area contributed by atoms with Crippen LogP contribution in [0.25, 0.3) is 0 Å². The predicted molar refractivity (Wildman–Crippen MR) is 66.1 cm³/mol. The van der Waals surface area contributed by atoms with Crippen LogP contribution in [-0.2, 0) is 0 Å². The Kier molecular flexibility index (Phi) is 3.61. The minimum absolute atomic E-state index is 0.307. The number of nitrogens with one attached hydrogen (secondary N) is 1. The standard InChI is InChI=1S/C13H17FN2O/c1-9(2)8-17-12-4-3-10(7-11(12)14)13-15-5-6-16-13/h3-4,7,9H,5-6,8H2,1-2H3,(H,15,16). The molecule has 0 atom stereocenters. The molecule has 0 bridgehead atoms. The van der Waals surface area contributed by atoms with Crippen LogP contribution in [0.2, 0.25) is 0 Å². The third-order valence-electron chi connectivity index (χ3n) is 2.45.